The Morgan fingerprint density at radius 2 is 2.17 bits per heavy atom. The molecule has 0 aliphatic rings. The van der Waals surface area contributed by atoms with Crippen molar-refractivity contribution in [3.63, 3.8) is 0 Å². The number of hydrogen-bond acceptors (Lipinski definition) is 3. The molecule has 0 radical (unpaired) electrons. The SMILES string of the molecule is CCCc1nc2ccccc2n1CCC(=O)OC. The highest BCUT2D eigenvalue weighted by atomic mass is 16.5. The third-order valence-electron chi connectivity index (χ3n) is 2.97. The van der Waals surface area contributed by atoms with Crippen LogP contribution in [-0.2, 0) is 22.5 Å². The van der Waals surface area contributed by atoms with E-state index in [1.165, 1.54) is 7.11 Å². The number of imidazole rings is 1. The smallest absolute Gasteiger partial charge is 0.307 e. The first-order valence-corrected chi connectivity index (χ1v) is 6.27. The van der Waals surface area contributed by atoms with Gasteiger partial charge in [0.1, 0.15) is 5.82 Å². The number of nitrogens with zero attached hydrogens (tertiary/aromatic N) is 2. The van der Waals surface area contributed by atoms with Crippen LogP contribution >= 0.6 is 0 Å². The number of fused-ring (bicyclic) bond motifs is 1. The highest BCUT2D eigenvalue weighted by molar-refractivity contribution is 5.76. The van der Waals surface area contributed by atoms with Gasteiger partial charge in [-0.05, 0) is 18.6 Å². The van der Waals surface area contributed by atoms with E-state index in [0.29, 0.717) is 13.0 Å². The Morgan fingerprint density at radius 1 is 1.39 bits per heavy atom. The first-order valence-electron chi connectivity index (χ1n) is 6.27. The molecule has 0 N–H and O–H groups in total. The first-order chi connectivity index (χ1) is 8.76. The van der Waals surface area contributed by atoms with Crippen molar-refractivity contribution in [3.8, 4) is 0 Å². The molecule has 0 spiro atoms. The van der Waals surface area contributed by atoms with Crippen molar-refractivity contribution >= 4 is 17.0 Å². The van der Waals surface area contributed by atoms with Gasteiger partial charge in [-0.25, -0.2) is 4.98 Å². The van der Waals surface area contributed by atoms with Crippen LogP contribution in [0.25, 0.3) is 11.0 Å². The van der Waals surface area contributed by atoms with E-state index in [2.05, 4.69) is 21.2 Å². The zero-order chi connectivity index (χ0) is 13.0. The second-order valence-electron chi connectivity index (χ2n) is 4.24. The standard InChI is InChI=1S/C14H18N2O2/c1-3-6-13-15-11-7-4-5-8-12(11)16(13)10-9-14(17)18-2/h4-5,7-8H,3,6,9-10H2,1-2H3. The van der Waals surface area contributed by atoms with Crippen LogP contribution in [0.4, 0.5) is 0 Å². The molecule has 0 bridgehead atoms. The van der Waals surface area contributed by atoms with Crippen molar-refractivity contribution < 1.29 is 9.53 Å². The predicted molar refractivity (Wildman–Crippen MR) is 70.4 cm³/mol. The molecule has 0 aliphatic carbocycles. The van der Waals surface area contributed by atoms with Gasteiger partial charge in [0.15, 0.2) is 0 Å². The lowest BCUT2D eigenvalue weighted by molar-refractivity contribution is -0.140. The number of aromatic nitrogens is 2. The average molecular weight is 246 g/mol. The van der Waals surface area contributed by atoms with Crippen LogP contribution in [0.5, 0.6) is 0 Å². The molecule has 0 saturated carbocycles. The molecule has 1 aromatic heterocycles. The first kappa shape index (κ1) is 12.6. The number of methoxy groups -OCH3 is 1. The van der Waals surface area contributed by atoms with E-state index in [-0.39, 0.29) is 5.97 Å². The van der Waals surface area contributed by atoms with Gasteiger partial charge in [-0.1, -0.05) is 19.1 Å². The van der Waals surface area contributed by atoms with Crippen molar-refractivity contribution in [1.82, 2.24) is 9.55 Å². The molecule has 2 rings (SSSR count). The van der Waals surface area contributed by atoms with Gasteiger partial charge in [-0.15, -0.1) is 0 Å². The van der Waals surface area contributed by atoms with E-state index >= 15 is 0 Å². The molecule has 1 aromatic carbocycles. The number of hydrogen-bond donors (Lipinski definition) is 0. The molecule has 4 nitrogen and oxygen atoms in total. The summed E-state index contributed by atoms with van der Waals surface area (Å²) in [6.45, 7) is 2.76. The summed E-state index contributed by atoms with van der Waals surface area (Å²) in [6.07, 6.45) is 2.35. The molecule has 0 aliphatic heterocycles. The Labute approximate surface area is 107 Å². The zero-order valence-electron chi connectivity index (χ0n) is 10.8. The number of para-hydroxylation sites is 2. The fourth-order valence-electron chi connectivity index (χ4n) is 2.09. The van der Waals surface area contributed by atoms with Crippen molar-refractivity contribution in [2.45, 2.75) is 32.7 Å². The largest absolute Gasteiger partial charge is 0.469 e. The number of esters is 1. The van der Waals surface area contributed by atoms with Crippen molar-refractivity contribution in [2.24, 2.45) is 0 Å². The van der Waals surface area contributed by atoms with Gasteiger partial charge in [0.2, 0.25) is 0 Å². The van der Waals surface area contributed by atoms with Crippen LogP contribution in [0.15, 0.2) is 24.3 Å². The summed E-state index contributed by atoms with van der Waals surface area (Å²) in [5, 5.41) is 0. The van der Waals surface area contributed by atoms with Crippen molar-refractivity contribution in [2.75, 3.05) is 7.11 Å². The van der Waals surface area contributed by atoms with E-state index in [1.807, 2.05) is 24.3 Å². The fraction of sp³-hybridized carbons (Fsp3) is 0.429. The maximum Gasteiger partial charge on any atom is 0.307 e. The van der Waals surface area contributed by atoms with Gasteiger partial charge in [0, 0.05) is 13.0 Å². The monoisotopic (exact) mass is 246 g/mol. The molecule has 0 atom stereocenters. The van der Waals surface area contributed by atoms with Crippen LogP contribution in [0.2, 0.25) is 0 Å². The average Bonchev–Trinajstić information content (AvgIpc) is 2.74. The van der Waals surface area contributed by atoms with E-state index < -0.39 is 0 Å². The van der Waals surface area contributed by atoms with Crippen LogP contribution in [-0.4, -0.2) is 22.6 Å². The predicted octanol–water partition coefficient (Wildman–Crippen LogP) is 2.55. The zero-order valence-corrected chi connectivity index (χ0v) is 10.8. The lowest BCUT2D eigenvalue weighted by Crippen LogP contribution is -2.09. The Balaban J connectivity index is 2.32. The summed E-state index contributed by atoms with van der Waals surface area (Å²) >= 11 is 0. The molecule has 0 fully saturated rings. The number of rotatable bonds is 5. The number of carbonyl (C=O) groups is 1. The normalized spacial score (nSPS) is 10.8. The second-order valence-corrected chi connectivity index (χ2v) is 4.24. The Hall–Kier alpha value is -1.84. The van der Waals surface area contributed by atoms with Gasteiger partial charge >= 0.3 is 5.97 Å². The summed E-state index contributed by atoms with van der Waals surface area (Å²) in [7, 11) is 1.42. The molecule has 0 amide bonds. The van der Waals surface area contributed by atoms with Crippen LogP contribution in [0, 0.1) is 0 Å². The maximum atomic E-state index is 11.3. The van der Waals surface area contributed by atoms with Gasteiger partial charge in [-0.3, -0.25) is 4.79 Å². The molecule has 0 unspecified atom stereocenters. The van der Waals surface area contributed by atoms with Gasteiger partial charge in [0.05, 0.1) is 24.6 Å². The number of carbonyl (C=O) groups excluding carboxylic acids is 1. The van der Waals surface area contributed by atoms with E-state index in [4.69, 9.17) is 0 Å². The van der Waals surface area contributed by atoms with Crippen molar-refractivity contribution in [1.29, 1.82) is 0 Å². The van der Waals surface area contributed by atoms with E-state index in [1.54, 1.807) is 0 Å². The summed E-state index contributed by atoms with van der Waals surface area (Å²) in [6, 6.07) is 8.02. The molecular formula is C14H18N2O2. The number of benzene rings is 1. The molecule has 96 valence electrons. The quantitative estimate of drug-likeness (QED) is 0.761. The molecule has 0 saturated heterocycles. The summed E-state index contributed by atoms with van der Waals surface area (Å²) in [5.41, 5.74) is 2.08. The molecule has 1 heterocycles. The Bertz CT molecular complexity index is 546. The third kappa shape index (κ3) is 2.53. The van der Waals surface area contributed by atoms with Gasteiger partial charge < -0.3 is 9.30 Å². The fourth-order valence-corrected chi connectivity index (χ4v) is 2.09. The Morgan fingerprint density at radius 3 is 2.89 bits per heavy atom. The van der Waals surface area contributed by atoms with E-state index in [9.17, 15) is 4.79 Å². The summed E-state index contributed by atoms with van der Waals surface area (Å²) < 4.78 is 6.81. The minimum Gasteiger partial charge on any atom is -0.469 e. The lowest BCUT2D eigenvalue weighted by Gasteiger charge is -2.07. The highest BCUT2D eigenvalue weighted by Crippen LogP contribution is 2.17. The molecule has 2 aromatic rings. The van der Waals surface area contributed by atoms with Gasteiger partial charge in [0.25, 0.3) is 0 Å². The lowest BCUT2D eigenvalue weighted by atomic mass is 10.3. The second kappa shape index (κ2) is 5.67. The number of aryl methyl sites for hydroxylation is 2. The maximum absolute atomic E-state index is 11.3. The minimum atomic E-state index is -0.185. The number of ether oxygens (including phenoxy) is 1. The molecule has 18 heavy (non-hydrogen) atoms. The van der Waals surface area contributed by atoms with E-state index in [0.717, 1.165) is 29.7 Å². The van der Waals surface area contributed by atoms with Crippen LogP contribution in [0.3, 0.4) is 0 Å². The Kier molecular flexibility index (Phi) is 3.97. The van der Waals surface area contributed by atoms with Crippen LogP contribution in [0.1, 0.15) is 25.6 Å². The third-order valence-corrected chi connectivity index (χ3v) is 2.97. The molecule has 4 heteroatoms. The highest BCUT2D eigenvalue weighted by Gasteiger charge is 2.11. The van der Waals surface area contributed by atoms with Gasteiger partial charge in [-0.2, -0.15) is 0 Å². The molecular weight excluding hydrogens is 228 g/mol. The van der Waals surface area contributed by atoms with Crippen molar-refractivity contribution in [3.05, 3.63) is 30.1 Å². The van der Waals surface area contributed by atoms with Crippen LogP contribution < -0.4 is 0 Å². The summed E-state index contributed by atoms with van der Waals surface area (Å²) in [4.78, 5) is 15.9. The summed E-state index contributed by atoms with van der Waals surface area (Å²) in [5.74, 6) is 0.859. The minimum absolute atomic E-state index is 0.185. The topological polar surface area (TPSA) is 44.1 Å².